The van der Waals surface area contributed by atoms with Gasteiger partial charge in [0.05, 0.1) is 18.8 Å². The summed E-state index contributed by atoms with van der Waals surface area (Å²) in [4.78, 5) is 0. The molecule has 0 spiro atoms. The molecule has 0 radical (unpaired) electrons. The molecular weight excluding hydrogens is 232 g/mol. The van der Waals surface area contributed by atoms with Crippen LogP contribution in [0.2, 0.25) is 0 Å². The number of ether oxygens (including phenoxy) is 2. The van der Waals surface area contributed by atoms with Crippen molar-refractivity contribution in [3.8, 4) is 0 Å². The van der Waals surface area contributed by atoms with Crippen LogP contribution in [0.25, 0.3) is 0 Å². The van der Waals surface area contributed by atoms with Gasteiger partial charge >= 0.3 is 0 Å². The standard InChI is InChI=1S/C12H24N4O2/c1-11(2)13-9-12-10-16(15-14-12)5-8-18-7-4-6-17-3/h10-11,13H,4-9H2,1-3H3. The Morgan fingerprint density at radius 3 is 2.89 bits per heavy atom. The molecule has 0 saturated carbocycles. The summed E-state index contributed by atoms with van der Waals surface area (Å²) in [5.74, 6) is 0. The molecular formula is C12H24N4O2. The number of hydrogen-bond donors (Lipinski definition) is 1. The van der Waals surface area contributed by atoms with Crippen molar-refractivity contribution in [3.05, 3.63) is 11.9 Å². The fraction of sp³-hybridized carbons (Fsp3) is 0.833. The Labute approximate surface area is 109 Å². The van der Waals surface area contributed by atoms with E-state index in [4.69, 9.17) is 9.47 Å². The molecule has 0 fully saturated rings. The molecule has 1 aromatic heterocycles. The SMILES string of the molecule is COCCCOCCn1cc(CNC(C)C)nn1. The van der Waals surface area contributed by atoms with Gasteiger partial charge in [0.25, 0.3) is 0 Å². The second-order valence-corrected chi connectivity index (χ2v) is 4.47. The molecule has 0 amide bonds. The van der Waals surface area contributed by atoms with Gasteiger partial charge in [0.1, 0.15) is 0 Å². The minimum Gasteiger partial charge on any atom is -0.385 e. The van der Waals surface area contributed by atoms with E-state index in [1.54, 1.807) is 7.11 Å². The van der Waals surface area contributed by atoms with Crippen molar-refractivity contribution in [2.45, 2.75) is 39.4 Å². The smallest absolute Gasteiger partial charge is 0.0964 e. The third kappa shape index (κ3) is 6.68. The fourth-order valence-corrected chi connectivity index (χ4v) is 1.40. The Balaban J connectivity index is 2.11. The quantitative estimate of drug-likeness (QED) is 0.628. The van der Waals surface area contributed by atoms with Gasteiger partial charge in [0.15, 0.2) is 0 Å². The van der Waals surface area contributed by atoms with E-state index in [2.05, 4.69) is 29.5 Å². The van der Waals surface area contributed by atoms with Gasteiger partial charge in [-0.1, -0.05) is 19.1 Å². The second kappa shape index (κ2) is 9.02. The first-order valence-electron chi connectivity index (χ1n) is 6.41. The molecule has 6 nitrogen and oxygen atoms in total. The third-order valence-corrected chi connectivity index (χ3v) is 2.38. The van der Waals surface area contributed by atoms with Gasteiger partial charge in [0.2, 0.25) is 0 Å². The molecule has 0 unspecified atom stereocenters. The van der Waals surface area contributed by atoms with Crippen LogP contribution in [0.15, 0.2) is 6.20 Å². The predicted molar refractivity (Wildman–Crippen MR) is 69.3 cm³/mol. The Morgan fingerprint density at radius 1 is 1.33 bits per heavy atom. The average molecular weight is 256 g/mol. The monoisotopic (exact) mass is 256 g/mol. The third-order valence-electron chi connectivity index (χ3n) is 2.38. The van der Waals surface area contributed by atoms with Crippen LogP contribution >= 0.6 is 0 Å². The Morgan fingerprint density at radius 2 is 2.17 bits per heavy atom. The molecule has 1 aromatic rings. The maximum absolute atomic E-state index is 5.46. The van der Waals surface area contributed by atoms with Crippen LogP contribution in [0.3, 0.4) is 0 Å². The molecule has 1 N–H and O–H groups in total. The lowest BCUT2D eigenvalue weighted by Crippen LogP contribution is -2.21. The normalized spacial score (nSPS) is 11.3. The number of methoxy groups -OCH3 is 1. The topological polar surface area (TPSA) is 61.2 Å². The van der Waals surface area contributed by atoms with E-state index in [-0.39, 0.29) is 0 Å². The molecule has 0 aliphatic heterocycles. The zero-order valence-corrected chi connectivity index (χ0v) is 11.6. The lowest BCUT2D eigenvalue weighted by Gasteiger charge is -2.04. The summed E-state index contributed by atoms with van der Waals surface area (Å²) in [6.45, 7) is 7.84. The van der Waals surface area contributed by atoms with Gasteiger partial charge < -0.3 is 14.8 Å². The highest BCUT2D eigenvalue weighted by atomic mass is 16.5. The Bertz CT molecular complexity index is 315. The maximum Gasteiger partial charge on any atom is 0.0964 e. The molecule has 0 aliphatic rings. The number of rotatable bonds is 10. The first-order chi connectivity index (χ1) is 8.72. The molecule has 104 valence electrons. The van der Waals surface area contributed by atoms with Crippen molar-refractivity contribution in [1.82, 2.24) is 20.3 Å². The van der Waals surface area contributed by atoms with Crippen LogP contribution in [0.5, 0.6) is 0 Å². The van der Waals surface area contributed by atoms with Crippen LogP contribution in [-0.2, 0) is 22.6 Å². The minimum absolute atomic E-state index is 0.458. The van der Waals surface area contributed by atoms with Gasteiger partial charge in [-0.15, -0.1) is 5.10 Å². The highest BCUT2D eigenvalue weighted by molar-refractivity contribution is 4.91. The van der Waals surface area contributed by atoms with E-state index in [0.717, 1.165) is 38.4 Å². The molecule has 1 rings (SSSR count). The van der Waals surface area contributed by atoms with Crippen LogP contribution in [0.4, 0.5) is 0 Å². The minimum atomic E-state index is 0.458. The van der Waals surface area contributed by atoms with E-state index in [1.807, 2.05) is 10.9 Å². The van der Waals surface area contributed by atoms with E-state index >= 15 is 0 Å². The predicted octanol–water partition coefficient (Wildman–Crippen LogP) is 0.829. The van der Waals surface area contributed by atoms with Crippen molar-refractivity contribution in [3.63, 3.8) is 0 Å². The van der Waals surface area contributed by atoms with Crippen molar-refractivity contribution in [2.24, 2.45) is 0 Å². The van der Waals surface area contributed by atoms with Gasteiger partial charge in [0, 0.05) is 39.1 Å². The lowest BCUT2D eigenvalue weighted by atomic mass is 10.3. The molecule has 0 bridgehead atoms. The van der Waals surface area contributed by atoms with Crippen LogP contribution in [0, 0.1) is 0 Å². The number of nitrogens with one attached hydrogen (secondary N) is 1. The summed E-state index contributed by atoms with van der Waals surface area (Å²) in [5.41, 5.74) is 0.961. The average Bonchev–Trinajstić information content (AvgIpc) is 2.79. The summed E-state index contributed by atoms with van der Waals surface area (Å²) < 4.78 is 12.2. The highest BCUT2D eigenvalue weighted by Gasteiger charge is 2.01. The number of hydrogen-bond acceptors (Lipinski definition) is 5. The lowest BCUT2D eigenvalue weighted by molar-refractivity contribution is 0.0958. The maximum atomic E-state index is 5.46. The summed E-state index contributed by atoms with van der Waals surface area (Å²) >= 11 is 0. The van der Waals surface area contributed by atoms with E-state index in [0.29, 0.717) is 12.6 Å². The molecule has 0 saturated heterocycles. The summed E-state index contributed by atoms with van der Waals surface area (Å²) in [7, 11) is 1.70. The molecule has 0 aliphatic carbocycles. The van der Waals surface area contributed by atoms with Gasteiger partial charge in [-0.2, -0.15) is 0 Å². The van der Waals surface area contributed by atoms with Crippen LogP contribution < -0.4 is 5.32 Å². The number of aromatic nitrogens is 3. The first-order valence-corrected chi connectivity index (χ1v) is 6.41. The zero-order chi connectivity index (χ0) is 13.2. The van der Waals surface area contributed by atoms with Crippen molar-refractivity contribution in [1.29, 1.82) is 0 Å². The number of nitrogens with zero attached hydrogens (tertiary/aromatic N) is 3. The highest BCUT2D eigenvalue weighted by Crippen LogP contribution is 1.94. The summed E-state index contributed by atoms with van der Waals surface area (Å²) in [5, 5.41) is 11.4. The zero-order valence-electron chi connectivity index (χ0n) is 11.6. The van der Waals surface area contributed by atoms with Crippen molar-refractivity contribution < 1.29 is 9.47 Å². The van der Waals surface area contributed by atoms with Crippen molar-refractivity contribution >= 4 is 0 Å². The second-order valence-electron chi connectivity index (χ2n) is 4.47. The molecule has 0 aromatic carbocycles. The van der Waals surface area contributed by atoms with Gasteiger partial charge in [-0.05, 0) is 6.42 Å². The fourth-order valence-electron chi connectivity index (χ4n) is 1.40. The van der Waals surface area contributed by atoms with Gasteiger partial charge in [-0.3, -0.25) is 0 Å². The molecule has 0 atom stereocenters. The van der Waals surface area contributed by atoms with E-state index < -0.39 is 0 Å². The van der Waals surface area contributed by atoms with Crippen LogP contribution in [-0.4, -0.2) is 48.0 Å². The van der Waals surface area contributed by atoms with Crippen LogP contribution in [0.1, 0.15) is 26.0 Å². The summed E-state index contributed by atoms with van der Waals surface area (Å²) in [6, 6.07) is 0.458. The molecule has 18 heavy (non-hydrogen) atoms. The first kappa shape index (κ1) is 15.1. The van der Waals surface area contributed by atoms with E-state index in [9.17, 15) is 0 Å². The molecule has 6 heteroatoms. The Kier molecular flexibility index (Phi) is 7.55. The van der Waals surface area contributed by atoms with Crippen molar-refractivity contribution in [2.75, 3.05) is 26.9 Å². The van der Waals surface area contributed by atoms with Gasteiger partial charge in [-0.25, -0.2) is 4.68 Å². The Hall–Kier alpha value is -0.980. The molecule has 1 heterocycles. The summed E-state index contributed by atoms with van der Waals surface area (Å²) in [6.07, 6.45) is 2.88. The largest absolute Gasteiger partial charge is 0.385 e. The van der Waals surface area contributed by atoms with E-state index in [1.165, 1.54) is 0 Å².